The van der Waals surface area contributed by atoms with E-state index in [9.17, 15) is 4.79 Å². The third-order valence-corrected chi connectivity index (χ3v) is 4.91. The van der Waals surface area contributed by atoms with E-state index in [1.807, 2.05) is 55.7 Å². The molecule has 0 bridgehead atoms. The third-order valence-electron chi connectivity index (χ3n) is 3.98. The molecule has 2 aromatic heterocycles. The van der Waals surface area contributed by atoms with Crippen LogP contribution in [0, 0.1) is 0 Å². The maximum absolute atomic E-state index is 12.2. The second kappa shape index (κ2) is 8.56. The Morgan fingerprint density at radius 1 is 1.11 bits per heavy atom. The van der Waals surface area contributed by atoms with Crippen LogP contribution in [0.5, 0.6) is 0 Å². The molecule has 1 N–H and O–H groups in total. The molecule has 0 spiro atoms. The number of thioether (sulfide) groups is 1. The fourth-order valence-corrected chi connectivity index (χ4v) is 3.47. The van der Waals surface area contributed by atoms with Crippen molar-refractivity contribution in [3.8, 4) is 17.2 Å². The van der Waals surface area contributed by atoms with E-state index in [0.717, 1.165) is 17.8 Å². The number of carbonyl (C=O) groups is 1. The minimum absolute atomic E-state index is 0.0345. The lowest BCUT2D eigenvalue weighted by Crippen LogP contribution is -2.41. The molecule has 2 heterocycles. The van der Waals surface area contributed by atoms with Crippen LogP contribution in [0.3, 0.4) is 0 Å². The second-order valence-electron chi connectivity index (χ2n) is 7.46. The summed E-state index contributed by atoms with van der Waals surface area (Å²) in [4.78, 5) is 16.7. The van der Waals surface area contributed by atoms with Gasteiger partial charge in [-0.05, 0) is 57.0 Å². The predicted molar refractivity (Wildman–Crippen MR) is 113 cm³/mol. The number of pyridine rings is 1. The van der Waals surface area contributed by atoms with Crippen molar-refractivity contribution in [3.63, 3.8) is 0 Å². The number of aryl methyl sites for hydroxylation is 1. The fraction of sp³-hybridized carbons (Fsp3) is 0.333. The van der Waals surface area contributed by atoms with Crippen LogP contribution < -0.4 is 5.32 Å². The van der Waals surface area contributed by atoms with Gasteiger partial charge in [0.25, 0.3) is 0 Å². The van der Waals surface area contributed by atoms with Gasteiger partial charge in [-0.2, -0.15) is 0 Å². The minimum atomic E-state index is -0.263. The Kier molecular flexibility index (Phi) is 6.14. The van der Waals surface area contributed by atoms with E-state index in [1.54, 1.807) is 6.20 Å². The molecule has 1 aromatic carbocycles. The van der Waals surface area contributed by atoms with Crippen molar-refractivity contribution in [2.24, 2.45) is 0 Å². The highest BCUT2D eigenvalue weighted by Crippen LogP contribution is 2.27. The normalized spacial score (nSPS) is 11.4. The zero-order valence-electron chi connectivity index (χ0n) is 16.6. The summed E-state index contributed by atoms with van der Waals surface area (Å²) < 4.78 is 1.96. The van der Waals surface area contributed by atoms with Crippen LogP contribution in [-0.4, -0.2) is 36.9 Å². The third kappa shape index (κ3) is 4.98. The number of nitrogens with one attached hydrogen (secondary N) is 1. The van der Waals surface area contributed by atoms with Crippen molar-refractivity contribution in [2.45, 2.75) is 44.8 Å². The molecule has 0 radical (unpaired) electrons. The molecule has 0 atom stereocenters. The van der Waals surface area contributed by atoms with Crippen LogP contribution in [0.4, 0.5) is 0 Å². The van der Waals surface area contributed by atoms with Gasteiger partial charge < -0.3 is 5.32 Å². The molecular formula is C21H25N5OS. The largest absolute Gasteiger partial charge is 0.351 e. The summed E-state index contributed by atoms with van der Waals surface area (Å²) in [6.45, 7) is 8.02. The quantitative estimate of drug-likeness (QED) is 0.641. The first-order valence-electron chi connectivity index (χ1n) is 9.27. The number of benzene rings is 1. The standard InChI is InChI=1S/C21H25N5OS/c1-5-15-9-11-16(12-10-15)26-19(17-8-6-7-13-22-17)24-25-20(26)28-14-18(27)23-21(2,3)4/h6-13H,5,14H2,1-4H3,(H,23,27). The van der Waals surface area contributed by atoms with Crippen molar-refractivity contribution in [1.29, 1.82) is 0 Å². The van der Waals surface area contributed by atoms with Gasteiger partial charge in [0.2, 0.25) is 5.91 Å². The van der Waals surface area contributed by atoms with Gasteiger partial charge in [0.05, 0.1) is 5.75 Å². The molecular weight excluding hydrogens is 370 g/mol. The lowest BCUT2D eigenvalue weighted by molar-refractivity contribution is -0.119. The Hall–Kier alpha value is -2.67. The summed E-state index contributed by atoms with van der Waals surface area (Å²) in [5, 5.41) is 12.3. The molecule has 0 saturated carbocycles. The number of amides is 1. The lowest BCUT2D eigenvalue weighted by atomic mass is 10.1. The van der Waals surface area contributed by atoms with E-state index in [1.165, 1.54) is 17.3 Å². The highest BCUT2D eigenvalue weighted by Gasteiger charge is 2.19. The number of aromatic nitrogens is 4. The highest BCUT2D eigenvalue weighted by atomic mass is 32.2. The predicted octanol–water partition coefficient (Wildman–Crippen LogP) is 3.90. The minimum Gasteiger partial charge on any atom is -0.351 e. The Morgan fingerprint density at radius 2 is 1.86 bits per heavy atom. The lowest BCUT2D eigenvalue weighted by Gasteiger charge is -2.20. The number of rotatable bonds is 6. The molecule has 0 saturated heterocycles. The summed E-state index contributed by atoms with van der Waals surface area (Å²) in [5.41, 5.74) is 2.68. The van der Waals surface area contributed by atoms with Gasteiger partial charge in [0.15, 0.2) is 11.0 Å². The van der Waals surface area contributed by atoms with Crippen LogP contribution in [0.15, 0.2) is 53.8 Å². The first-order valence-corrected chi connectivity index (χ1v) is 10.3. The fourth-order valence-electron chi connectivity index (χ4n) is 2.72. The molecule has 3 rings (SSSR count). The van der Waals surface area contributed by atoms with Gasteiger partial charge in [0.1, 0.15) is 5.69 Å². The van der Waals surface area contributed by atoms with Gasteiger partial charge in [-0.1, -0.05) is 36.9 Å². The number of carbonyl (C=O) groups excluding carboxylic acids is 1. The molecule has 0 unspecified atom stereocenters. The Morgan fingerprint density at radius 3 is 2.46 bits per heavy atom. The molecule has 7 heteroatoms. The highest BCUT2D eigenvalue weighted by molar-refractivity contribution is 7.99. The van der Waals surface area contributed by atoms with Crippen LogP contribution in [0.1, 0.15) is 33.3 Å². The van der Waals surface area contributed by atoms with Gasteiger partial charge >= 0.3 is 0 Å². The van der Waals surface area contributed by atoms with E-state index in [4.69, 9.17) is 0 Å². The van der Waals surface area contributed by atoms with E-state index in [0.29, 0.717) is 11.0 Å². The number of hydrogen-bond acceptors (Lipinski definition) is 5. The van der Waals surface area contributed by atoms with Crippen LogP contribution in [0.2, 0.25) is 0 Å². The van der Waals surface area contributed by atoms with Crippen molar-refractivity contribution in [2.75, 3.05) is 5.75 Å². The summed E-state index contributed by atoms with van der Waals surface area (Å²) in [7, 11) is 0. The average molecular weight is 396 g/mol. The van der Waals surface area contributed by atoms with Crippen LogP contribution in [-0.2, 0) is 11.2 Å². The molecule has 0 aliphatic rings. The first kappa shape index (κ1) is 20.1. The first-order chi connectivity index (χ1) is 13.4. The Bertz CT molecular complexity index is 930. The number of hydrogen-bond donors (Lipinski definition) is 1. The molecule has 3 aromatic rings. The topological polar surface area (TPSA) is 72.7 Å². The molecule has 28 heavy (non-hydrogen) atoms. The van der Waals surface area contributed by atoms with Crippen molar-refractivity contribution in [1.82, 2.24) is 25.1 Å². The van der Waals surface area contributed by atoms with E-state index < -0.39 is 0 Å². The van der Waals surface area contributed by atoms with Gasteiger partial charge in [-0.3, -0.25) is 14.3 Å². The molecule has 0 aliphatic heterocycles. The summed E-state index contributed by atoms with van der Waals surface area (Å²) in [6, 6.07) is 14.0. The molecule has 1 amide bonds. The van der Waals surface area contributed by atoms with Crippen molar-refractivity contribution in [3.05, 3.63) is 54.2 Å². The number of nitrogens with zero attached hydrogens (tertiary/aromatic N) is 4. The molecule has 0 fully saturated rings. The molecule has 0 aliphatic carbocycles. The van der Waals surface area contributed by atoms with Gasteiger partial charge in [0, 0.05) is 17.4 Å². The zero-order chi connectivity index (χ0) is 20.1. The zero-order valence-corrected chi connectivity index (χ0v) is 17.5. The van der Waals surface area contributed by atoms with Gasteiger partial charge in [-0.15, -0.1) is 10.2 Å². The Labute approximate surface area is 169 Å². The summed E-state index contributed by atoms with van der Waals surface area (Å²) >= 11 is 1.37. The van der Waals surface area contributed by atoms with E-state index in [-0.39, 0.29) is 17.2 Å². The average Bonchev–Trinajstić information content (AvgIpc) is 3.10. The van der Waals surface area contributed by atoms with Crippen LogP contribution >= 0.6 is 11.8 Å². The molecule has 6 nitrogen and oxygen atoms in total. The van der Waals surface area contributed by atoms with E-state index >= 15 is 0 Å². The maximum Gasteiger partial charge on any atom is 0.230 e. The monoisotopic (exact) mass is 395 g/mol. The maximum atomic E-state index is 12.2. The molecule has 146 valence electrons. The SMILES string of the molecule is CCc1ccc(-n2c(SCC(=O)NC(C)(C)C)nnc2-c2ccccn2)cc1. The summed E-state index contributed by atoms with van der Waals surface area (Å²) in [6.07, 6.45) is 2.71. The Balaban J connectivity index is 1.93. The van der Waals surface area contributed by atoms with Crippen molar-refractivity contribution < 1.29 is 4.79 Å². The smallest absolute Gasteiger partial charge is 0.230 e. The van der Waals surface area contributed by atoms with Crippen molar-refractivity contribution >= 4 is 17.7 Å². The van der Waals surface area contributed by atoms with Gasteiger partial charge in [-0.25, -0.2) is 0 Å². The second-order valence-corrected chi connectivity index (χ2v) is 8.41. The summed E-state index contributed by atoms with van der Waals surface area (Å²) in [5.74, 6) is 0.890. The van der Waals surface area contributed by atoms with E-state index in [2.05, 4.69) is 39.6 Å². The van der Waals surface area contributed by atoms with Crippen LogP contribution in [0.25, 0.3) is 17.2 Å².